The van der Waals surface area contributed by atoms with Gasteiger partial charge in [-0.1, -0.05) is 13.3 Å². The smallest absolute Gasteiger partial charge is 0.223 e. The standard InChI is InChI=1S/C13H24N2O/c1-9-2-3-10(6-9)8-15-13(16)11-4-5-12(14)7-11/h9-12H,2-8,14H2,1H3,(H,15,16). The van der Waals surface area contributed by atoms with Gasteiger partial charge < -0.3 is 11.1 Å². The molecule has 0 spiro atoms. The third-order valence-electron chi connectivity index (χ3n) is 4.21. The molecule has 0 aromatic heterocycles. The minimum Gasteiger partial charge on any atom is -0.356 e. The summed E-state index contributed by atoms with van der Waals surface area (Å²) in [7, 11) is 0. The lowest BCUT2D eigenvalue weighted by molar-refractivity contribution is -0.125. The van der Waals surface area contributed by atoms with Crippen molar-refractivity contribution in [2.24, 2.45) is 23.5 Å². The van der Waals surface area contributed by atoms with Crippen LogP contribution in [0.3, 0.4) is 0 Å². The van der Waals surface area contributed by atoms with Gasteiger partial charge in [0, 0.05) is 18.5 Å². The zero-order valence-electron chi connectivity index (χ0n) is 10.2. The fraction of sp³-hybridized carbons (Fsp3) is 0.923. The molecule has 3 N–H and O–H groups in total. The molecular formula is C13H24N2O. The van der Waals surface area contributed by atoms with E-state index in [1.54, 1.807) is 0 Å². The van der Waals surface area contributed by atoms with Crippen LogP contribution in [0.25, 0.3) is 0 Å². The average molecular weight is 224 g/mol. The molecule has 2 saturated carbocycles. The van der Waals surface area contributed by atoms with Crippen LogP contribution in [0.5, 0.6) is 0 Å². The molecular weight excluding hydrogens is 200 g/mol. The SMILES string of the molecule is CC1CCC(CNC(=O)C2CCC(N)C2)C1. The van der Waals surface area contributed by atoms with Gasteiger partial charge in [-0.3, -0.25) is 4.79 Å². The Morgan fingerprint density at radius 3 is 2.62 bits per heavy atom. The van der Waals surface area contributed by atoms with Gasteiger partial charge in [-0.15, -0.1) is 0 Å². The fourth-order valence-corrected chi connectivity index (χ4v) is 3.15. The Balaban J connectivity index is 1.68. The Morgan fingerprint density at radius 1 is 1.25 bits per heavy atom. The molecule has 0 saturated heterocycles. The van der Waals surface area contributed by atoms with E-state index in [-0.39, 0.29) is 17.9 Å². The number of carbonyl (C=O) groups excluding carboxylic acids is 1. The maximum atomic E-state index is 11.9. The van der Waals surface area contributed by atoms with Gasteiger partial charge in [-0.25, -0.2) is 0 Å². The summed E-state index contributed by atoms with van der Waals surface area (Å²) in [6.07, 6.45) is 6.77. The van der Waals surface area contributed by atoms with Gasteiger partial charge >= 0.3 is 0 Å². The Kier molecular flexibility index (Phi) is 3.85. The van der Waals surface area contributed by atoms with E-state index in [0.717, 1.165) is 31.7 Å². The second-order valence-corrected chi connectivity index (χ2v) is 5.80. The topological polar surface area (TPSA) is 55.1 Å². The molecule has 3 nitrogen and oxygen atoms in total. The lowest BCUT2D eigenvalue weighted by atomic mass is 10.0. The minimum atomic E-state index is 0.189. The lowest BCUT2D eigenvalue weighted by Gasteiger charge is -2.14. The molecule has 0 radical (unpaired) electrons. The van der Waals surface area contributed by atoms with Gasteiger partial charge in [0.25, 0.3) is 0 Å². The normalized spacial score (nSPS) is 38.9. The number of nitrogens with one attached hydrogen (secondary N) is 1. The Labute approximate surface area is 98.2 Å². The van der Waals surface area contributed by atoms with E-state index in [1.807, 2.05) is 0 Å². The van der Waals surface area contributed by atoms with E-state index in [0.29, 0.717) is 5.92 Å². The van der Waals surface area contributed by atoms with Crippen molar-refractivity contribution in [3.05, 3.63) is 0 Å². The van der Waals surface area contributed by atoms with E-state index in [2.05, 4.69) is 12.2 Å². The molecule has 0 aliphatic heterocycles. The van der Waals surface area contributed by atoms with E-state index in [1.165, 1.54) is 19.3 Å². The highest BCUT2D eigenvalue weighted by molar-refractivity contribution is 5.79. The van der Waals surface area contributed by atoms with Crippen LogP contribution in [-0.4, -0.2) is 18.5 Å². The summed E-state index contributed by atoms with van der Waals surface area (Å²) in [4.78, 5) is 11.9. The molecule has 16 heavy (non-hydrogen) atoms. The Bertz CT molecular complexity index is 254. The van der Waals surface area contributed by atoms with Crippen LogP contribution in [0.2, 0.25) is 0 Å². The first-order valence-electron chi connectivity index (χ1n) is 6.68. The maximum Gasteiger partial charge on any atom is 0.223 e. The largest absolute Gasteiger partial charge is 0.356 e. The van der Waals surface area contributed by atoms with Crippen molar-refractivity contribution in [1.29, 1.82) is 0 Å². The summed E-state index contributed by atoms with van der Waals surface area (Å²) < 4.78 is 0. The van der Waals surface area contributed by atoms with Crippen molar-refractivity contribution in [1.82, 2.24) is 5.32 Å². The lowest BCUT2D eigenvalue weighted by Crippen LogP contribution is -2.33. The highest BCUT2D eigenvalue weighted by atomic mass is 16.1. The molecule has 92 valence electrons. The summed E-state index contributed by atoms with van der Waals surface area (Å²) in [6.45, 7) is 3.19. The van der Waals surface area contributed by atoms with Gasteiger partial charge in [0.2, 0.25) is 5.91 Å². The second-order valence-electron chi connectivity index (χ2n) is 5.80. The summed E-state index contributed by atoms with van der Waals surface area (Å²) in [5.74, 6) is 2.00. The van der Waals surface area contributed by atoms with Gasteiger partial charge in [0.05, 0.1) is 0 Å². The van der Waals surface area contributed by atoms with Gasteiger partial charge in [-0.05, 0) is 43.9 Å². The fourth-order valence-electron chi connectivity index (χ4n) is 3.15. The Hall–Kier alpha value is -0.570. The van der Waals surface area contributed by atoms with Crippen LogP contribution < -0.4 is 11.1 Å². The number of carbonyl (C=O) groups is 1. The molecule has 0 aromatic carbocycles. The summed E-state index contributed by atoms with van der Waals surface area (Å²) in [5.41, 5.74) is 5.82. The number of hydrogen-bond acceptors (Lipinski definition) is 2. The van der Waals surface area contributed by atoms with Crippen LogP contribution >= 0.6 is 0 Å². The first-order chi connectivity index (χ1) is 7.65. The van der Waals surface area contributed by atoms with Crippen molar-refractivity contribution < 1.29 is 4.79 Å². The Morgan fingerprint density at radius 2 is 2.06 bits per heavy atom. The molecule has 2 aliphatic rings. The van der Waals surface area contributed by atoms with Crippen LogP contribution in [0, 0.1) is 17.8 Å². The first kappa shape index (κ1) is 11.9. The average Bonchev–Trinajstić information content (AvgIpc) is 2.84. The number of rotatable bonds is 3. The van der Waals surface area contributed by atoms with Crippen molar-refractivity contribution in [2.75, 3.05) is 6.54 Å². The monoisotopic (exact) mass is 224 g/mol. The van der Waals surface area contributed by atoms with Gasteiger partial charge in [-0.2, -0.15) is 0 Å². The van der Waals surface area contributed by atoms with Crippen molar-refractivity contribution in [3.8, 4) is 0 Å². The number of hydrogen-bond donors (Lipinski definition) is 2. The maximum absolute atomic E-state index is 11.9. The molecule has 2 aliphatic carbocycles. The zero-order chi connectivity index (χ0) is 11.5. The van der Waals surface area contributed by atoms with Crippen LogP contribution in [0.4, 0.5) is 0 Å². The molecule has 0 heterocycles. The van der Waals surface area contributed by atoms with E-state index < -0.39 is 0 Å². The van der Waals surface area contributed by atoms with Gasteiger partial charge in [0.1, 0.15) is 0 Å². The van der Waals surface area contributed by atoms with Gasteiger partial charge in [0.15, 0.2) is 0 Å². The summed E-state index contributed by atoms with van der Waals surface area (Å²) in [6, 6.07) is 0.252. The summed E-state index contributed by atoms with van der Waals surface area (Å²) in [5, 5.41) is 3.11. The molecule has 4 atom stereocenters. The molecule has 1 amide bonds. The quantitative estimate of drug-likeness (QED) is 0.766. The van der Waals surface area contributed by atoms with Crippen molar-refractivity contribution >= 4 is 5.91 Å². The molecule has 0 bridgehead atoms. The minimum absolute atomic E-state index is 0.189. The summed E-state index contributed by atoms with van der Waals surface area (Å²) >= 11 is 0. The number of nitrogens with two attached hydrogens (primary N) is 1. The highest BCUT2D eigenvalue weighted by Gasteiger charge is 2.28. The number of amides is 1. The molecule has 0 aromatic rings. The third kappa shape index (κ3) is 2.97. The molecule has 4 unspecified atom stereocenters. The van der Waals surface area contributed by atoms with E-state index in [9.17, 15) is 4.79 Å². The van der Waals surface area contributed by atoms with Crippen molar-refractivity contribution in [3.63, 3.8) is 0 Å². The highest BCUT2D eigenvalue weighted by Crippen LogP contribution is 2.30. The van der Waals surface area contributed by atoms with Crippen LogP contribution in [0.1, 0.15) is 45.4 Å². The van der Waals surface area contributed by atoms with E-state index >= 15 is 0 Å². The van der Waals surface area contributed by atoms with E-state index in [4.69, 9.17) is 5.73 Å². The predicted molar refractivity (Wildman–Crippen MR) is 64.8 cm³/mol. The first-order valence-corrected chi connectivity index (χ1v) is 6.68. The molecule has 3 heteroatoms. The zero-order valence-corrected chi connectivity index (χ0v) is 10.2. The van der Waals surface area contributed by atoms with Crippen LogP contribution in [-0.2, 0) is 4.79 Å². The molecule has 2 rings (SSSR count). The second kappa shape index (κ2) is 5.17. The third-order valence-corrected chi connectivity index (χ3v) is 4.21. The van der Waals surface area contributed by atoms with Crippen LogP contribution in [0.15, 0.2) is 0 Å². The van der Waals surface area contributed by atoms with Crippen molar-refractivity contribution in [2.45, 2.75) is 51.5 Å². The molecule has 2 fully saturated rings. The predicted octanol–water partition coefficient (Wildman–Crippen LogP) is 1.67.